The van der Waals surface area contributed by atoms with Gasteiger partial charge in [-0.2, -0.15) is 0 Å². The van der Waals surface area contributed by atoms with Crippen LogP contribution in [0.3, 0.4) is 0 Å². The third-order valence-corrected chi connectivity index (χ3v) is 6.33. The SMILES string of the molecule is CCOc1ccc(Br)cc1C(N)C1C2C3CCC(C3)C21. The van der Waals surface area contributed by atoms with E-state index in [4.69, 9.17) is 10.5 Å². The minimum Gasteiger partial charge on any atom is -0.494 e. The van der Waals surface area contributed by atoms with Crippen molar-refractivity contribution in [2.45, 2.75) is 32.2 Å². The molecule has 3 aliphatic rings. The van der Waals surface area contributed by atoms with E-state index < -0.39 is 0 Å². The first kappa shape index (κ1) is 13.1. The number of halogens is 1. The molecule has 4 rings (SSSR count). The van der Waals surface area contributed by atoms with Crippen molar-refractivity contribution in [2.75, 3.05) is 6.61 Å². The summed E-state index contributed by atoms with van der Waals surface area (Å²) < 4.78 is 6.88. The molecule has 3 heteroatoms. The van der Waals surface area contributed by atoms with Crippen molar-refractivity contribution in [2.24, 2.45) is 35.3 Å². The molecule has 0 amide bonds. The highest BCUT2D eigenvalue weighted by Crippen LogP contribution is 2.72. The number of rotatable bonds is 4. The molecular weight excluding hydrogens is 314 g/mol. The van der Waals surface area contributed by atoms with Crippen molar-refractivity contribution in [1.82, 2.24) is 0 Å². The molecule has 1 aromatic carbocycles. The zero-order valence-electron chi connectivity index (χ0n) is 11.9. The van der Waals surface area contributed by atoms with E-state index in [0.29, 0.717) is 12.5 Å². The third kappa shape index (κ3) is 1.86. The minimum atomic E-state index is 0.146. The number of nitrogens with two attached hydrogens (primary N) is 1. The molecule has 0 spiro atoms. The maximum atomic E-state index is 6.64. The average molecular weight is 336 g/mol. The zero-order valence-corrected chi connectivity index (χ0v) is 13.5. The van der Waals surface area contributed by atoms with E-state index in [1.54, 1.807) is 0 Å². The van der Waals surface area contributed by atoms with E-state index in [9.17, 15) is 0 Å². The molecule has 0 aromatic heterocycles. The van der Waals surface area contributed by atoms with Gasteiger partial charge in [0, 0.05) is 16.1 Å². The van der Waals surface area contributed by atoms with Gasteiger partial charge in [0.25, 0.3) is 0 Å². The Morgan fingerprint density at radius 3 is 2.65 bits per heavy atom. The molecule has 3 aliphatic carbocycles. The summed E-state index contributed by atoms with van der Waals surface area (Å²) in [5.41, 5.74) is 7.84. The molecule has 0 heterocycles. The summed E-state index contributed by atoms with van der Waals surface area (Å²) in [6.07, 6.45) is 4.38. The normalized spacial score (nSPS) is 38.6. The van der Waals surface area contributed by atoms with Crippen LogP contribution >= 0.6 is 15.9 Å². The second kappa shape index (κ2) is 4.74. The highest BCUT2D eigenvalue weighted by molar-refractivity contribution is 9.10. The van der Waals surface area contributed by atoms with Crippen LogP contribution in [-0.4, -0.2) is 6.61 Å². The fourth-order valence-corrected chi connectivity index (χ4v) is 5.53. The minimum absolute atomic E-state index is 0.146. The van der Waals surface area contributed by atoms with Crippen molar-refractivity contribution in [3.8, 4) is 5.75 Å². The second-order valence-corrected chi connectivity index (χ2v) is 7.62. The van der Waals surface area contributed by atoms with Gasteiger partial charge in [-0.1, -0.05) is 15.9 Å². The molecule has 2 bridgehead atoms. The van der Waals surface area contributed by atoms with Crippen LogP contribution in [0.4, 0.5) is 0 Å². The van der Waals surface area contributed by atoms with Crippen LogP contribution < -0.4 is 10.5 Å². The first-order valence-corrected chi connectivity index (χ1v) is 8.67. The van der Waals surface area contributed by atoms with Crippen LogP contribution in [0.5, 0.6) is 5.75 Å². The van der Waals surface area contributed by atoms with E-state index in [1.165, 1.54) is 24.8 Å². The van der Waals surface area contributed by atoms with Crippen LogP contribution in [0.1, 0.15) is 37.8 Å². The summed E-state index contributed by atoms with van der Waals surface area (Å²) >= 11 is 3.57. The Hall–Kier alpha value is -0.540. The molecule has 20 heavy (non-hydrogen) atoms. The topological polar surface area (TPSA) is 35.2 Å². The standard InChI is InChI=1S/C17H22BrNO/c1-2-20-13-6-5-11(18)8-12(13)17(19)16-14-9-3-4-10(7-9)15(14)16/h5-6,8-10,14-17H,2-4,7,19H2,1H3. The number of hydrogen-bond donors (Lipinski definition) is 1. The lowest BCUT2D eigenvalue weighted by atomic mass is 9.93. The van der Waals surface area contributed by atoms with E-state index in [1.807, 2.05) is 13.0 Å². The lowest BCUT2D eigenvalue weighted by Gasteiger charge is -2.20. The van der Waals surface area contributed by atoms with Gasteiger partial charge >= 0.3 is 0 Å². The van der Waals surface area contributed by atoms with Gasteiger partial charge in [-0.05, 0) is 74.0 Å². The molecule has 5 unspecified atom stereocenters. The Morgan fingerprint density at radius 2 is 2.00 bits per heavy atom. The van der Waals surface area contributed by atoms with Gasteiger partial charge in [-0.25, -0.2) is 0 Å². The summed E-state index contributed by atoms with van der Waals surface area (Å²) in [4.78, 5) is 0. The summed E-state index contributed by atoms with van der Waals surface area (Å²) in [5.74, 6) is 5.46. The van der Waals surface area contributed by atoms with Crippen molar-refractivity contribution < 1.29 is 4.74 Å². The molecule has 3 fully saturated rings. The maximum absolute atomic E-state index is 6.64. The molecule has 2 N–H and O–H groups in total. The predicted molar refractivity (Wildman–Crippen MR) is 83.5 cm³/mol. The molecule has 0 saturated heterocycles. The van der Waals surface area contributed by atoms with Gasteiger partial charge in [0.1, 0.15) is 5.75 Å². The first-order chi connectivity index (χ1) is 9.70. The molecular formula is C17H22BrNO. The molecule has 5 atom stereocenters. The molecule has 3 saturated carbocycles. The molecule has 1 aromatic rings. The van der Waals surface area contributed by atoms with Crippen LogP contribution in [0.2, 0.25) is 0 Å². The van der Waals surface area contributed by atoms with Crippen LogP contribution in [0.25, 0.3) is 0 Å². The molecule has 108 valence electrons. The van der Waals surface area contributed by atoms with Crippen LogP contribution in [-0.2, 0) is 0 Å². The third-order valence-electron chi connectivity index (χ3n) is 5.84. The lowest BCUT2D eigenvalue weighted by molar-refractivity contribution is 0.328. The van der Waals surface area contributed by atoms with E-state index in [2.05, 4.69) is 28.1 Å². The Balaban J connectivity index is 1.60. The quantitative estimate of drug-likeness (QED) is 0.897. The number of fused-ring (bicyclic) bond motifs is 5. The van der Waals surface area contributed by atoms with Gasteiger partial charge in [0.15, 0.2) is 0 Å². The van der Waals surface area contributed by atoms with Crippen molar-refractivity contribution >= 4 is 15.9 Å². The fraction of sp³-hybridized carbons (Fsp3) is 0.647. The van der Waals surface area contributed by atoms with Crippen LogP contribution in [0, 0.1) is 29.6 Å². The first-order valence-electron chi connectivity index (χ1n) is 7.88. The average Bonchev–Trinajstić information content (AvgIpc) is 2.88. The Bertz CT molecular complexity index is 516. The Morgan fingerprint density at radius 1 is 1.30 bits per heavy atom. The predicted octanol–water partition coefficient (Wildman–Crippen LogP) is 4.14. The second-order valence-electron chi connectivity index (χ2n) is 6.71. The van der Waals surface area contributed by atoms with Gasteiger partial charge < -0.3 is 10.5 Å². The monoisotopic (exact) mass is 335 g/mol. The summed E-state index contributed by atoms with van der Waals surface area (Å²) in [7, 11) is 0. The lowest BCUT2D eigenvalue weighted by Crippen LogP contribution is -2.18. The highest BCUT2D eigenvalue weighted by Gasteiger charge is 2.66. The molecule has 2 nitrogen and oxygen atoms in total. The van der Waals surface area contributed by atoms with E-state index in [0.717, 1.165) is 33.9 Å². The van der Waals surface area contributed by atoms with E-state index >= 15 is 0 Å². The Labute approximate surface area is 129 Å². The largest absolute Gasteiger partial charge is 0.494 e. The van der Waals surface area contributed by atoms with Gasteiger partial charge in [-0.15, -0.1) is 0 Å². The van der Waals surface area contributed by atoms with E-state index in [-0.39, 0.29) is 6.04 Å². The number of ether oxygens (including phenoxy) is 1. The van der Waals surface area contributed by atoms with Crippen molar-refractivity contribution in [3.05, 3.63) is 28.2 Å². The van der Waals surface area contributed by atoms with Gasteiger partial charge in [0.2, 0.25) is 0 Å². The van der Waals surface area contributed by atoms with Crippen molar-refractivity contribution in [3.63, 3.8) is 0 Å². The van der Waals surface area contributed by atoms with Crippen molar-refractivity contribution in [1.29, 1.82) is 0 Å². The smallest absolute Gasteiger partial charge is 0.124 e. The highest BCUT2D eigenvalue weighted by atomic mass is 79.9. The fourth-order valence-electron chi connectivity index (χ4n) is 5.15. The molecule has 0 aliphatic heterocycles. The van der Waals surface area contributed by atoms with Gasteiger partial charge in [-0.3, -0.25) is 0 Å². The zero-order chi connectivity index (χ0) is 13.9. The number of hydrogen-bond acceptors (Lipinski definition) is 2. The maximum Gasteiger partial charge on any atom is 0.124 e. The van der Waals surface area contributed by atoms with Gasteiger partial charge in [0.05, 0.1) is 6.61 Å². The van der Waals surface area contributed by atoms with Crippen LogP contribution in [0.15, 0.2) is 22.7 Å². The number of benzene rings is 1. The molecule has 0 radical (unpaired) electrons. The summed E-state index contributed by atoms with van der Waals surface area (Å²) in [6, 6.07) is 6.40. The summed E-state index contributed by atoms with van der Waals surface area (Å²) in [6.45, 7) is 2.73. The Kier molecular flexibility index (Phi) is 3.11. The summed E-state index contributed by atoms with van der Waals surface area (Å²) in [5, 5.41) is 0.